The van der Waals surface area contributed by atoms with E-state index >= 15 is 0 Å². The first-order chi connectivity index (χ1) is 8.27. The van der Waals surface area contributed by atoms with Gasteiger partial charge in [-0.15, -0.1) is 0 Å². The van der Waals surface area contributed by atoms with Gasteiger partial charge >= 0.3 is 5.97 Å². The molecule has 1 aromatic carbocycles. The van der Waals surface area contributed by atoms with E-state index in [2.05, 4.69) is 10.1 Å². The Morgan fingerprint density at radius 2 is 2.06 bits per heavy atom. The van der Waals surface area contributed by atoms with Gasteiger partial charge in [-0.1, -0.05) is 6.07 Å². The number of rotatable bonds is 4. The maximum Gasteiger partial charge on any atom is 0.327 e. The summed E-state index contributed by atoms with van der Waals surface area (Å²) in [5.74, 6) is -0.490. The molecule has 1 unspecified atom stereocenters. The lowest BCUT2D eigenvalue weighted by atomic mass is 10.2. The van der Waals surface area contributed by atoms with Crippen molar-refractivity contribution in [2.24, 2.45) is 5.14 Å². The van der Waals surface area contributed by atoms with Crippen LogP contribution in [0.2, 0.25) is 0 Å². The molecule has 0 radical (unpaired) electrons. The van der Waals surface area contributed by atoms with Crippen LogP contribution in [-0.2, 0) is 19.6 Å². The largest absolute Gasteiger partial charge is 0.467 e. The standard InChI is InChI=1S/C10H15N3O4S/c1-6(10(14)17-2)13-7-4-3-5-8(9(7)11)18(12,15)16/h3-6,13H,11H2,1-2H3,(H2,12,15,16). The number of carbonyl (C=O) groups is 1. The fraction of sp³-hybridized carbons (Fsp3) is 0.300. The van der Waals surface area contributed by atoms with Crippen LogP contribution in [0.1, 0.15) is 6.92 Å². The van der Waals surface area contributed by atoms with Gasteiger partial charge in [0.1, 0.15) is 10.9 Å². The number of hydrogen-bond acceptors (Lipinski definition) is 6. The topological polar surface area (TPSA) is 125 Å². The lowest BCUT2D eigenvalue weighted by Crippen LogP contribution is -2.28. The number of nitrogens with one attached hydrogen (secondary N) is 1. The normalized spacial score (nSPS) is 12.8. The third-order valence-electron chi connectivity index (χ3n) is 2.30. The van der Waals surface area contributed by atoms with Crippen molar-refractivity contribution in [2.75, 3.05) is 18.2 Å². The maximum atomic E-state index is 11.3. The van der Waals surface area contributed by atoms with Crippen LogP contribution in [-0.4, -0.2) is 27.5 Å². The monoisotopic (exact) mass is 273 g/mol. The van der Waals surface area contributed by atoms with Crippen molar-refractivity contribution in [3.63, 3.8) is 0 Å². The fourth-order valence-corrected chi connectivity index (χ4v) is 2.07. The molecule has 0 heterocycles. The van der Waals surface area contributed by atoms with Gasteiger partial charge in [0.05, 0.1) is 18.5 Å². The molecule has 0 spiro atoms. The summed E-state index contributed by atoms with van der Waals surface area (Å²) >= 11 is 0. The molecule has 18 heavy (non-hydrogen) atoms. The van der Waals surface area contributed by atoms with Gasteiger partial charge in [-0.2, -0.15) is 0 Å². The van der Waals surface area contributed by atoms with Crippen LogP contribution < -0.4 is 16.2 Å². The predicted octanol–water partition coefficient (Wildman–Crippen LogP) is -0.110. The Bertz CT molecular complexity index is 556. The van der Waals surface area contributed by atoms with Gasteiger partial charge in [-0.05, 0) is 19.1 Å². The summed E-state index contributed by atoms with van der Waals surface area (Å²) in [6.45, 7) is 1.56. The molecule has 5 N–H and O–H groups in total. The lowest BCUT2D eigenvalue weighted by molar-refractivity contribution is -0.141. The van der Waals surface area contributed by atoms with E-state index in [9.17, 15) is 13.2 Å². The number of anilines is 2. The third kappa shape index (κ3) is 3.11. The summed E-state index contributed by atoms with van der Waals surface area (Å²) in [6.07, 6.45) is 0. The van der Waals surface area contributed by atoms with E-state index in [1.807, 2.05) is 0 Å². The number of carbonyl (C=O) groups excluding carboxylic acids is 1. The summed E-state index contributed by atoms with van der Waals surface area (Å²) in [5.41, 5.74) is 5.96. The summed E-state index contributed by atoms with van der Waals surface area (Å²) in [5, 5.41) is 7.77. The van der Waals surface area contributed by atoms with E-state index in [-0.39, 0.29) is 10.6 Å². The average Bonchev–Trinajstić information content (AvgIpc) is 2.29. The van der Waals surface area contributed by atoms with E-state index in [1.165, 1.54) is 19.2 Å². The van der Waals surface area contributed by atoms with Crippen molar-refractivity contribution in [3.8, 4) is 0 Å². The number of benzene rings is 1. The minimum Gasteiger partial charge on any atom is -0.467 e. The molecule has 0 aliphatic carbocycles. The molecular formula is C10H15N3O4S. The van der Waals surface area contributed by atoms with Crippen molar-refractivity contribution in [1.82, 2.24) is 0 Å². The van der Waals surface area contributed by atoms with Crippen LogP contribution in [0.3, 0.4) is 0 Å². The molecule has 0 saturated heterocycles. The fourth-order valence-electron chi connectivity index (χ4n) is 1.39. The second-order valence-electron chi connectivity index (χ2n) is 3.65. The SMILES string of the molecule is COC(=O)C(C)Nc1cccc(S(N)(=O)=O)c1N. The second-order valence-corrected chi connectivity index (χ2v) is 5.18. The maximum absolute atomic E-state index is 11.3. The predicted molar refractivity (Wildman–Crippen MR) is 67.3 cm³/mol. The molecule has 7 nitrogen and oxygen atoms in total. The quantitative estimate of drug-likeness (QED) is 0.519. The van der Waals surface area contributed by atoms with Crippen molar-refractivity contribution in [1.29, 1.82) is 0 Å². The van der Waals surface area contributed by atoms with E-state index in [0.717, 1.165) is 0 Å². The molecule has 1 atom stereocenters. The first-order valence-corrected chi connectivity index (χ1v) is 6.57. The Labute approximate surface area is 105 Å². The van der Waals surface area contributed by atoms with Gasteiger partial charge in [0.2, 0.25) is 10.0 Å². The van der Waals surface area contributed by atoms with Gasteiger partial charge < -0.3 is 15.8 Å². The Morgan fingerprint density at radius 3 is 2.56 bits per heavy atom. The van der Waals surface area contributed by atoms with Gasteiger partial charge in [0.25, 0.3) is 0 Å². The molecule has 1 rings (SSSR count). The highest BCUT2D eigenvalue weighted by Crippen LogP contribution is 2.26. The van der Waals surface area contributed by atoms with E-state index in [4.69, 9.17) is 10.9 Å². The molecule has 0 aliphatic rings. The van der Waals surface area contributed by atoms with Crippen molar-refractivity contribution in [2.45, 2.75) is 17.9 Å². The molecule has 1 aromatic rings. The molecule has 0 aromatic heterocycles. The van der Waals surface area contributed by atoms with Crippen LogP contribution in [0.5, 0.6) is 0 Å². The number of nitrogen functional groups attached to an aromatic ring is 1. The van der Waals surface area contributed by atoms with Crippen LogP contribution in [0.4, 0.5) is 11.4 Å². The minimum atomic E-state index is -3.90. The first kappa shape index (κ1) is 14.3. The number of sulfonamides is 1. The van der Waals surface area contributed by atoms with Crippen LogP contribution in [0.15, 0.2) is 23.1 Å². The Kier molecular flexibility index (Phi) is 4.15. The average molecular weight is 273 g/mol. The highest BCUT2D eigenvalue weighted by atomic mass is 32.2. The van der Waals surface area contributed by atoms with E-state index in [0.29, 0.717) is 5.69 Å². The van der Waals surface area contributed by atoms with Gasteiger partial charge in [-0.3, -0.25) is 0 Å². The zero-order valence-electron chi connectivity index (χ0n) is 10.0. The number of methoxy groups -OCH3 is 1. The van der Waals surface area contributed by atoms with E-state index in [1.54, 1.807) is 13.0 Å². The van der Waals surface area contributed by atoms with Crippen LogP contribution in [0.25, 0.3) is 0 Å². The smallest absolute Gasteiger partial charge is 0.327 e. The minimum absolute atomic E-state index is 0.0317. The molecule has 0 aliphatic heterocycles. The number of esters is 1. The van der Waals surface area contributed by atoms with Crippen molar-refractivity contribution in [3.05, 3.63) is 18.2 Å². The van der Waals surface area contributed by atoms with Crippen molar-refractivity contribution >= 4 is 27.4 Å². The van der Waals surface area contributed by atoms with E-state index < -0.39 is 22.0 Å². The Balaban J connectivity index is 3.09. The molecule has 0 bridgehead atoms. The van der Waals surface area contributed by atoms with Crippen LogP contribution in [0, 0.1) is 0 Å². The van der Waals surface area contributed by atoms with Crippen LogP contribution >= 0.6 is 0 Å². The number of nitrogens with two attached hydrogens (primary N) is 2. The number of primary sulfonamides is 1. The molecular weight excluding hydrogens is 258 g/mol. The highest BCUT2D eigenvalue weighted by molar-refractivity contribution is 7.89. The zero-order valence-corrected chi connectivity index (χ0v) is 10.8. The molecule has 0 fully saturated rings. The lowest BCUT2D eigenvalue weighted by Gasteiger charge is -2.16. The summed E-state index contributed by atoms with van der Waals surface area (Å²) in [7, 11) is -2.64. The molecule has 0 saturated carbocycles. The molecule has 0 amide bonds. The summed E-state index contributed by atoms with van der Waals surface area (Å²) in [4.78, 5) is 11.1. The third-order valence-corrected chi connectivity index (χ3v) is 3.27. The molecule has 8 heteroatoms. The molecule has 100 valence electrons. The Hall–Kier alpha value is -1.80. The summed E-state index contributed by atoms with van der Waals surface area (Å²) in [6, 6.07) is 3.65. The number of ether oxygens (including phenoxy) is 1. The first-order valence-electron chi connectivity index (χ1n) is 5.03. The van der Waals surface area contributed by atoms with Gasteiger partial charge in [0.15, 0.2) is 0 Å². The number of para-hydroxylation sites is 1. The summed E-state index contributed by atoms with van der Waals surface area (Å²) < 4.78 is 27.1. The van der Waals surface area contributed by atoms with Gasteiger partial charge in [-0.25, -0.2) is 18.4 Å². The Morgan fingerprint density at radius 1 is 1.44 bits per heavy atom. The number of hydrogen-bond donors (Lipinski definition) is 3. The van der Waals surface area contributed by atoms with Gasteiger partial charge in [0, 0.05) is 0 Å². The highest BCUT2D eigenvalue weighted by Gasteiger charge is 2.18. The van der Waals surface area contributed by atoms with Crippen molar-refractivity contribution < 1.29 is 17.9 Å². The zero-order chi connectivity index (χ0) is 13.9. The second kappa shape index (κ2) is 5.23.